The zero-order valence-electron chi connectivity index (χ0n) is 16.8. The van der Waals surface area contributed by atoms with Crippen molar-refractivity contribution in [2.24, 2.45) is 0 Å². The van der Waals surface area contributed by atoms with Gasteiger partial charge in [0.25, 0.3) is 0 Å². The number of hydrogen-bond acceptors (Lipinski definition) is 4. The fraction of sp³-hybridized carbons (Fsp3) is 0.0870. The van der Waals surface area contributed by atoms with E-state index in [0.717, 1.165) is 0 Å². The molecule has 0 aliphatic heterocycles. The molecule has 1 amide bonds. The second kappa shape index (κ2) is 9.50. The average Bonchev–Trinajstić information content (AvgIpc) is 3.19. The average molecular weight is 471 g/mol. The second-order valence-corrected chi connectivity index (χ2v) is 8.57. The molecule has 5 nitrogen and oxygen atoms in total. The number of amides is 1. The molecule has 162 valence electrons. The number of nitrogens with zero attached hydrogens (tertiary/aromatic N) is 3. The predicted molar refractivity (Wildman–Crippen MR) is 122 cm³/mol. The first-order chi connectivity index (χ1) is 15.4. The van der Waals surface area contributed by atoms with Crippen LogP contribution in [-0.2, 0) is 4.79 Å². The van der Waals surface area contributed by atoms with Crippen LogP contribution in [0.25, 0.3) is 17.1 Å². The normalized spacial score (nSPS) is 11.9. The highest BCUT2D eigenvalue weighted by Crippen LogP contribution is 2.31. The molecule has 1 N–H and O–H groups in total. The Morgan fingerprint density at radius 1 is 0.969 bits per heavy atom. The molecule has 1 aromatic heterocycles. The molecule has 4 aromatic rings. The zero-order chi connectivity index (χ0) is 22.7. The minimum Gasteiger partial charge on any atom is -0.324 e. The van der Waals surface area contributed by atoms with Crippen molar-refractivity contribution >= 4 is 35.0 Å². The molecule has 1 heterocycles. The third-order valence-corrected chi connectivity index (χ3v) is 5.98. The Bertz CT molecular complexity index is 1250. The van der Waals surface area contributed by atoms with E-state index in [2.05, 4.69) is 15.5 Å². The number of anilines is 1. The number of nitrogens with one attached hydrogen (secondary N) is 1. The van der Waals surface area contributed by atoms with Gasteiger partial charge in [0.2, 0.25) is 5.91 Å². The van der Waals surface area contributed by atoms with Crippen molar-refractivity contribution in [2.45, 2.75) is 17.3 Å². The van der Waals surface area contributed by atoms with E-state index < -0.39 is 5.25 Å². The standard InChI is InChI=1S/C23H17ClF2N4OS/c1-14(22(31)27-20-5-3-2-4-19(20)24)32-23-29-28-21(15-6-8-16(25)9-7-15)30(23)18-12-10-17(26)11-13-18/h2-14H,1H3,(H,27,31). The number of carbonyl (C=O) groups excluding carboxylic acids is 1. The summed E-state index contributed by atoms with van der Waals surface area (Å²) in [6.07, 6.45) is 0. The van der Waals surface area contributed by atoms with Crippen molar-refractivity contribution < 1.29 is 13.6 Å². The third kappa shape index (κ3) is 4.81. The smallest absolute Gasteiger partial charge is 0.237 e. The van der Waals surface area contributed by atoms with E-state index in [-0.39, 0.29) is 17.5 Å². The Morgan fingerprint density at radius 3 is 2.25 bits per heavy atom. The van der Waals surface area contributed by atoms with Crippen molar-refractivity contribution in [3.63, 3.8) is 0 Å². The minimum absolute atomic E-state index is 0.264. The van der Waals surface area contributed by atoms with Gasteiger partial charge in [0, 0.05) is 11.3 Å². The van der Waals surface area contributed by atoms with Crippen LogP contribution in [0, 0.1) is 11.6 Å². The quantitative estimate of drug-likeness (QED) is 0.352. The van der Waals surface area contributed by atoms with Crippen LogP contribution in [0.15, 0.2) is 78.0 Å². The van der Waals surface area contributed by atoms with Gasteiger partial charge in [-0.3, -0.25) is 9.36 Å². The van der Waals surface area contributed by atoms with Crippen LogP contribution < -0.4 is 5.32 Å². The molecule has 4 rings (SSSR count). The van der Waals surface area contributed by atoms with Crippen molar-refractivity contribution in [3.8, 4) is 17.1 Å². The number of aromatic nitrogens is 3. The van der Waals surface area contributed by atoms with Gasteiger partial charge in [-0.25, -0.2) is 8.78 Å². The van der Waals surface area contributed by atoms with E-state index in [0.29, 0.717) is 32.9 Å². The van der Waals surface area contributed by atoms with E-state index in [9.17, 15) is 13.6 Å². The fourth-order valence-electron chi connectivity index (χ4n) is 2.96. The van der Waals surface area contributed by atoms with Crippen LogP contribution in [-0.4, -0.2) is 25.9 Å². The van der Waals surface area contributed by atoms with Crippen LogP contribution in [0.1, 0.15) is 6.92 Å². The van der Waals surface area contributed by atoms with Crippen LogP contribution in [0.5, 0.6) is 0 Å². The van der Waals surface area contributed by atoms with E-state index in [1.165, 1.54) is 36.0 Å². The molecule has 0 spiro atoms. The minimum atomic E-state index is -0.546. The van der Waals surface area contributed by atoms with Crippen molar-refractivity contribution in [1.82, 2.24) is 14.8 Å². The maximum Gasteiger partial charge on any atom is 0.237 e. The lowest BCUT2D eigenvalue weighted by Crippen LogP contribution is -2.23. The first-order valence-corrected chi connectivity index (χ1v) is 10.9. The third-order valence-electron chi connectivity index (χ3n) is 4.60. The van der Waals surface area contributed by atoms with Gasteiger partial charge in [0.05, 0.1) is 16.0 Å². The predicted octanol–water partition coefficient (Wildman–Crippen LogP) is 5.99. The Labute approximate surface area is 192 Å². The second-order valence-electron chi connectivity index (χ2n) is 6.85. The molecule has 0 fully saturated rings. The summed E-state index contributed by atoms with van der Waals surface area (Å²) in [5.41, 5.74) is 1.75. The van der Waals surface area contributed by atoms with Gasteiger partial charge < -0.3 is 5.32 Å². The summed E-state index contributed by atoms with van der Waals surface area (Å²) in [7, 11) is 0. The Hall–Kier alpha value is -3.23. The van der Waals surface area contributed by atoms with Gasteiger partial charge >= 0.3 is 0 Å². The Balaban J connectivity index is 1.66. The van der Waals surface area contributed by atoms with Gasteiger partial charge in [0.1, 0.15) is 11.6 Å². The SMILES string of the molecule is CC(Sc1nnc(-c2ccc(F)cc2)n1-c1ccc(F)cc1)C(=O)Nc1ccccc1Cl. The summed E-state index contributed by atoms with van der Waals surface area (Å²) in [6, 6.07) is 18.6. The molecule has 0 saturated carbocycles. The molecule has 1 atom stereocenters. The molecule has 0 aliphatic rings. The van der Waals surface area contributed by atoms with Gasteiger partial charge in [-0.1, -0.05) is 35.5 Å². The van der Waals surface area contributed by atoms with Crippen molar-refractivity contribution in [2.75, 3.05) is 5.32 Å². The molecular weight excluding hydrogens is 454 g/mol. The highest BCUT2D eigenvalue weighted by atomic mass is 35.5. The summed E-state index contributed by atoms with van der Waals surface area (Å²) in [6.45, 7) is 1.73. The number of hydrogen-bond donors (Lipinski definition) is 1. The number of thioether (sulfide) groups is 1. The summed E-state index contributed by atoms with van der Waals surface area (Å²) in [5, 5.41) is 11.6. The Morgan fingerprint density at radius 2 is 1.59 bits per heavy atom. The van der Waals surface area contributed by atoms with E-state index in [1.54, 1.807) is 60.0 Å². The lowest BCUT2D eigenvalue weighted by Gasteiger charge is -2.14. The maximum absolute atomic E-state index is 13.5. The number of rotatable bonds is 6. The van der Waals surface area contributed by atoms with Crippen LogP contribution >= 0.6 is 23.4 Å². The van der Waals surface area contributed by atoms with E-state index in [1.807, 2.05) is 0 Å². The number of halogens is 3. The summed E-state index contributed by atoms with van der Waals surface area (Å²) >= 11 is 7.32. The number of carbonyl (C=O) groups is 1. The molecule has 1 unspecified atom stereocenters. The lowest BCUT2D eigenvalue weighted by molar-refractivity contribution is -0.115. The fourth-order valence-corrected chi connectivity index (χ4v) is 4.01. The molecular formula is C23H17ClF2N4OS. The van der Waals surface area contributed by atoms with Gasteiger partial charge in [-0.2, -0.15) is 0 Å². The first kappa shape index (κ1) is 22.0. The lowest BCUT2D eigenvalue weighted by atomic mass is 10.2. The largest absolute Gasteiger partial charge is 0.324 e. The topological polar surface area (TPSA) is 59.8 Å². The molecule has 0 radical (unpaired) electrons. The van der Waals surface area contributed by atoms with E-state index >= 15 is 0 Å². The molecule has 0 saturated heterocycles. The molecule has 0 bridgehead atoms. The van der Waals surface area contributed by atoms with Crippen LogP contribution in [0.3, 0.4) is 0 Å². The molecule has 0 aliphatic carbocycles. The van der Waals surface area contributed by atoms with Gasteiger partial charge in [0.15, 0.2) is 11.0 Å². The van der Waals surface area contributed by atoms with Crippen molar-refractivity contribution in [1.29, 1.82) is 0 Å². The molecule has 3 aromatic carbocycles. The number of benzene rings is 3. The Kier molecular flexibility index (Phi) is 6.53. The summed E-state index contributed by atoms with van der Waals surface area (Å²) in [4.78, 5) is 12.7. The van der Waals surface area contributed by atoms with Crippen molar-refractivity contribution in [3.05, 3.63) is 89.5 Å². The van der Waals surface area contributed by atoms with E-state index in [4.69, 9.17) is 11.6 Å². The molecule has 9 heteroatoms. The van der Waals surface area contributed by atoms with Crippen LogP contribution in [0.4, 0.5) is 14.5 Å². The van der Waals surface area contributed by atoms with Gasteiger partial charge in [-0.05, 0) is 67.6 Å². The van der Waals surface area contributed by atoms with Crippen LogP contribution in [0.2, 0.25) is 5.02 Å². The highest BCUT2D eigenvalue weighted by Gasteiger charge is 2.22. The first-order valence-electron chi connectivity index (χ1n) is 9.62. The van der Waals surface area contributed by atoms with Gasteiger partial charge in [-0.15, -0.1) is 10.2 Å². The number of para-hydroxylation sites is 1. The summed E-state index contributed by atoms with van der Waals surface area (Å²) in [5.74, 6) is -0.578. The highest BCUT2D eigenvalue weighted by molar-refractivity contribution is 8.00. The monoisotopic (exact) mass is 470 g/mol. The zero-order valence-corrected chi connectivity index (χ0v) is 18.4. The molecule has 32 heavy (non-hydrogen) atoms. The maximum atomic E-state index is 13.5. The summed E-state index contributed by atoms with van der Waals surface area (Å²) < 4.78 is 28.6.